The van der Waals surface area contributed by atoms with Crippen LogP contribution in [0.25, 0.3) is 0 Å². The van der Waals surface area contributed by atoms with Gasteiger partial charge in [0.15, 0.2) is 0 Å². The summed E-state index contributed by atoms with van der Waals surface area (Å²) in [6.45, 7) is 0. The van der Waals surface area contributed by atoms with E-state index in [1.807, 2.05) is 0 Å². The number of halogens is 2. The number of anilines is 1. The molecule has 0 fully saturated rings. The number of amides is 1. The monoisotopic (exact) mass is 310 g/mol. The Morgan fingerprint density at radius 1 is 1.33 bits per heavy atom. The van der Waals surface area contributed by atoms with Crippen molar-refractivity contribution >= 4 is 28.9 Å². The smallest absolute Gasteiger partial charge is 0.271 e. The predicted octanol–water partition coefficient (Wildman–Crippen LogP) is 3.35. The van der Waals surface area contributed by atoms with Gasteiger partial charge in [0.05, 0.1) is 21.2 Å². The molecule has 8 heteroatoms. The van der Waals surface area contributed by atoms with Crippen LogP contribution in [0.1, 0.15) is 10.4 Å². The second-order valence-electron chi connectivity index (χ2n) is 4.01. The van der Waals surface area contributed by atoms with Crippen LogP contribution < -0.4 is 5.32 Å². The molecule has 0 unspecified atom stereocenters. The summed E-state index contributed by atoms with van der Waals surface area (Å²) in [4.78, 5) is 22.0. The number of nitrogens with zero attached hydrogens (tertiary/aromatic N) is 1. The molecule has 0 aliphatic rings. The quantitative estimate of drug-likeness (QED) is 0.516. The van der Waals surface area contributed by atoms with Crippen LogP contribution in [0.15, 0.2) is 36.4 Å². The number of benzene rings is 2. The van der Waals surface area contributed by atoms with Crippen LogP contribution in [-0.2, 0) is 0 Å². The Labute approximate surface area is 122 Å². The number of phenols is 1. The van der Waals surface area contributed by atoms with Gasteiger partial charge in [-0.3, -0.25) is 14.9 Å². The van der Waals surface area contributed by atoms with E-state index in [9.17, 15) is 24.4 Å². The number of hydrogen-bond acceptors (Lipinski definition) is 4. The molecule has 0 atom stereocenters. The van der Waals surface area contributed by atoms with Crippen molar-refractivity contribution in [2.45, 2.75) is 0 Å². The minimum absolute atomic E-state index is 0.150. The molecule has 0 saturated carbocycles. The summed E-state index contributed by atoms with van der Waals surface area (Å²) in [5.74, 6) is -1.93. The Bertz CT molecular complexity index is 736. The standard InChI is InChI=1S/C13H8ClFN2O4/c14-12-8(2-1-3-9(12)15)13(19)16-10-6-7(17(20)21)4-5-11(10)18/h1-6,18H,(H,16,19). The van der Waals surface area contributed by atoms with Gasteiger partial charge in [-0.1, -0.05) is 17.7 Å². The first kappa shape index (κ1) is 14.7. The minimum Gasteiger partial charge on any atom is -0.506 e. The number of non-ortho nitro benzene ring substituents is 1. The zero-order valence-electron chi connectivity index (χ0n) is 10.3. The molecule has 0 heterocycles. The number of aromatic hydroxyl groups is 1. The molecule has 0 aliphatic carbocycles. The van der Waals surface area contributed by atoms with E-state index < -0.39 is 16.6 Å². The fraction of sp³-hybridized carbons (Fsp3) is 0. The van der Waals surface area contributed by atoms with E-state index >= 15 is 0 Å². The number of nitrogens with one attached hydrogen (secondary N) is 1. The molecule has 0 radical (unpaired) electrons. The number of carbonyl (C=O) groups is 1. The third-order valence-corrected chi connectivity index (χ3v) is 3.02. The fourth-order valence-electron chi connectivity index (χ4n) is 1.61. The molecule has 21 heavy (non-hydrogen) atoms. The summed E-state index contributed by atoms with van der Waals surface area (Å²) in [5, 5.41) is 22.1. The number of rotatable bonds is 3. The molecule has 0 bridgehead atoms. The first-order valence-corrected chi connectivity index (χ1v) is 6.00. The summed E-state index contributed by atoms with van der Waals surface area (Å²) in [5.41, 5.74) is -0.634. The highest BCUT2D eigenvalue weighted by molar-refractivity contribution is 6.34. The zero-order valence-corrected chi connectivity index (χ0v) is 11.1. The first-order chi connectivity index (χ1) is 9.90. The van der Waals surface area contributed by atoms with Gasteiger partial charge in [-0.25, -0.2) is 4.39 Å². The average molecular weight is 311 g/mol. The van der Waals surface area contributed by atoms with Crippen LogP contribution in [-0.4, -0.2) is 15.9 Å². The van der Waals surface area contributed by atoms with Crippen molar-refractivity contribution in [3.8, 4) is 5.75 Å². The van der Waals surface area contributed by atoms with Crippen molar-refractivity contribution in [3.05, 3.63) is 62.9 Å². The lowest BCUT2D eigenvalue weighted by molar-refractivity contribution is -0.384. The molecule has 2 aromatic carbocycles. The topological polar surface area (TPSA) is 92.5 Å². The molecule has 2 N–H and O–H groups in total. The number of phenolic OH excluding ortho intramolecular Hbond substituents is 1. The normalized spacial score (nSPS) is 10.2. The molecule has 0 aromatic heterocycles. The second-order valence-corrected chi connectivity index (χ2v) is 4.39. The maximum atomic E-state index is 13.3. The van der Waals surface area contributed by atoms with E-state index in [4.69, 9.17) is 11.6 Å². The van der Waals surface area contributed by atoms with Gasteiger partial charge in [-0.15, -0.1) is 0 Å². The Morgan fingerprint density at radius 2 is 2.05 bits per heavy atom. The highest BCUT2D eigenvalue weighted by Gasteiger charge is 2.17. The molecule has 108 valence electrons. The predicted molar refractivity (Wildman–Crippen MR) is 74.1 cm³/mol. The van der Waals surface area contributed by atoms with E-state index in [0.717, 1.165) is 24.3 Å². The van der Waals surface area contributed by atoms with Crippen LogP contribution in [0.4, 0.5) is 15.8 Å². The van der Waals surface area contributed by atoms with Gasteiger partial charge in [0.2, 0.25) is 0 Å². The van der Waals surface area contributed by atoms with Crippen molar-refractivity contribution in [1.29, 1.82) is 0 Å². The van der Waals surface area contributed by atoms with Gasteiger partial charge < -0.3 is 10.4 Å². The van der Waals surface area contributed by atoms with E-state index in [-0.39, 0.29) is 27.7 Å². The van der Waals surface area contributed by atoms with Gasteiger partial charge in [-0.05, 0) is 18.2 Å². The van der Waals surface area contributed by atoms with E-state index in [1.165, 1.54) is 12.1 Å². The molecular weight excluding hydrogens is 303 g/mol. The molecule has 2 aromatic rings. The molecule has 2 rings (SSSR count). The number of nitro benzene ring substituents is 1. The van der Waals surface area contributed by atoms with Crippen molar-refractivity contribution in [2.75, 3.05) is 5.32 Å². The van der Waals surface area contributed by atoms with Gasteiger partial charge >= 0.3 is 0 Å². The van der Waals surface area contributed by atoms with Gasteiger partial charge in [0, 0.05) is 12.1 Å². The summed E-state index contributed by atoms with van der Waals surface area (Å²) >= 11 is 5.67. The third kappa shape index (κ3) is 3.09. The zero-order chi connectivity index (χ0) is 15.6. The van der Waals surface area contributed by atoms with Crippen LogP contribution in [0.2, 0.25) is 5.02 Å². The molecule has 6 nitrogen and oxygen atoms in total. The molecule has 1 amide bonds. The largest absolute Gasteiger partial charge is 0.506 e. The third-order valence-electron chi connectivity index (χ3n) is 2.64. The van der Waals surface area contributed by atoms with Crippen molar-refractivity contribution in [2.24, 2.45) is 0 Å². The van der Waals surface area contributed by atoms with Crippen LogP contribution in [0.3, 0.4) is 0 Å². The SMILES string of the molecule is O=C(Nc1cc([N+](=O)[O-])ccc1O)c1cccc(F)c1Cl. The highest BCUT2D eigenvalue weighted by atomic mass is 35.5. The average Bonchev–Trinajstić information content (AvgIpc) is 2.43. The molecule has 0 saturated heterocycles. The van der Waals surface area contributed by atoms with Gasteiger partial charge in [-0.2, -0.15) is 0 Å². The fourth-order valence-corrected chi connectivity index (χ4v) is 1.82. The van der Waals surface area contributed by atoms with E-state index in [1.54, 1.807) is 0 Å². The number of nitro groups is 1. The lowest BCUT2D eigenvalue weighted by Gasteiger charge is -2.08. The van der Waals surface area contributed by atoms with Gasteiger partial charge in [0.1, 0.15) is 11.6 Å². The maximum absolute atomic E-state index is 13.3. The lowest BCUT2D eigenvalue weighted by Crippen LogP contribution is -2.13. The minimum atomic E-state index is -0.796. The molecular formula is C13H8ClFN2O4. The van der Waals surface area contributed by atoms with Crippen molar-refractivity contribution in [1.82, 2.24) is 0 Å². The number of hydrogen-bond donors (Lipinski definition) is 2. The summed E-state index contributed by atoms with van der Waals surface area (Å²) in [6, 6.07) is 6.81. The Balaban J connectivity index is 2.33. The van der Waals surface area contributed by atoms with Gasteiger partial charge in [0.25, 0.3) is 11.6 Å². The van der Waals surface area contributed by atoms with Crippen LogP contribution >= 0.6 is 11.6 Å². The summed E-state index contributed by atoms with van der Waals surface area (Å²) in [6.07, 6.45) is 0. The van der Waals surface area contributed by atoms with Crippen molar-refractivity contribution < 1.29 is 19.2 Å². The Hall–Kier alpha value is -2.67. The van der Waals surface area contributed by atoms with E-state index in [2.05, 4.69) is 5.32 Å². The number of carbonyl (C=O) groups excluding carboxylic acids is 1. The van der Waals surface area contributed by atoms with Crippen LogP contribution in [0, 0.1) is 15.9 Å². The molecule has 0 spiro atoms. The summed E-state index contributed by atoms with van der Waals surface area (Å²) < 4.78 is 13.3. The molecule has 0 aliphatic heterocycles. The van der Waals surface area contributed by atoms with Crippen molar-refractivity contribution in [3.63, 3.8) is 0 Å². The highest BCUT2D eigenvalue weighted by Crippen LogP contribution is 2.29. The first-order valence-electron chi connectivity index (χ1n) is 5.63. The maximum Gasteiger partial charge on any atom is 0.271 e. The van der Waals surface area contributed by atoms with E-state index in [0.29, 0.717) is 0 Å². The lowest BCUT2D eigenvalue weighted by atomic mass is 10.2. The Kier molecular flexibility index (Phi) is 4.04. The van der Waals surface area contributed by atoms with Crippen LogP contribution in [0.5, 0.6) is 5.75 Å². The Morgan fingerprint density at radius 3 is 2.71 bits per heavy atom. The summed E-state index contributed by atoms with van der Waals surface area (Å²) in [7, 11) is 0. The second kappa shape index (κ2) is 5.76.